The third-order valence-electron chi connectivity index (χ3n) is 2.50. The Balaban J connectivity index is 1.91. The van der Waals surface area contributed by atoms with Crippen LogP contribution in [0, 0.1) is 0 Å². The number of carbonyl (C=O) groups is 1. The Morgan fingerprint density at radius 1 is 1.61 bits per heavy atom. The van der Waals surface area contributed by atoms with Crippen LogP contribution in [0.15, 0.2) is 29.0 Å². The van der Waals surface area contributed by atoms with E-state index in [2.05, 4.69) is 15.0 Å². The number of nitrogens with zero attached hydrogens (tertiary/aromatic N) is 1. The fourth-order valence-corrected chi connectivity index (χ4v) is 1.55. The molecule has 96 valence electrons. The van der Waals surface area contributed by atoms with Crippen LogP contribution in [0.3, 0.4) is 0 Å². The van der Waals surface area contributed by atoms with Gasteiger partial charge in [-0.2, -0.15) is 0 Å². The standard InChI is InChI=1S/C12H14N2O4/c1-17-12(16)5-9(15)6-13-8-2-3-10-11(4-8)18-7-14-10/h2-4,7,9,13,15H,5-6H2,1H3. The fourth-order valence-electron chi connectivity index (χ4n) is 1.55. The zero-order valence-corrected chi connectivity index (χ0v) is 9.92. The molecule has 2 rings (SSSR count). The van der Waals surface area contributed by atoms with Gasteiger partial charge in [0, 0.05) is 18.3 Å². The third kappa shape index (κ3) is 2.98. The van der Waals surface area contributed by atoms with Crippen LogP contribution in [0.25, 0.3) is 11.1 Å². The lowest BCUT2D eigenvalue weighted by Gasteiger charge is -2.11. The van der Waals surface area contributed by atoms with Crippen molar-refractivity contribution in [2.45, 2.75) is 12.5 Å². The van der Waals surface area contributed by atoms with Gasteiger partial charge in [-0.15, -0.1) is 0 Å². The topological polar surface area (TPSA) is 84.6 Å². The molecule has 0 radical (unpaired) electrons. The maximum Gasteiger partial charge on any atom is 0.308 e. The van der Waals surface area contributed by atoms with Gasteiger partial charge >= 0.3 is 5.97 Å². The molecule has 18 heavy (non-hydrogen) atoms. The van der Waals surface area contributed by atoms with Crippen LogP contribution < -0.4 is 5.32 Å². The van der Waals surface area contributed by atoms with Crippen LogP contribution in [0.1, 0.15) is 6.42 Å². The molecule has 1 unspecified atom stereocenters. The second kappa shape index (κ2) is 5.50. The average molecular weight is 250 g/mol. The molecule has 1 aromatic heterocycles. The number of hydrogen-bond donors (Lipinski definition) is 2. The van der Waals surface area contributed by atoms with Crippen LogP contribution in [0.2, 0.25) is 0 Å². The Morgan fingerprint density at radius 3 is 3.22 bits per heavy atom. The van der Waals surface area contributed by atoms with Crippen LogP contribution in [0.5, 0.6) is 0 Å². The summed E-state index contributed by atoms with van der Waals surface area (Å²) in [5.41, 5.74) is 2.24. The largest absolute Gasteiger partial charge is 0.469 e. The highest BCUT2D eigenvalue weighted by atomic mass is 16.5. The molecule has 0 amide bonds. The van der Waals surface area contributed by atoms with E-state index >= 15 is 0 Å². The van der Waals surface area contributed by atoms with E-state index in [0.717, 1.165) is 11.2 Å². The van der Waals surface area contributed by atoms with Gasteiger partial charge in [0.15, 0.2) is 12.0 Å². The minimum Gasteiger partial charge on any atom is -0.469 e. The molecule has 0 aliphatic heterocycles. The SMILES string of the molecule is COC(=O)CC(O)CNc1ccc2ncoc2c1. The van der Waals surface area contributed by atoms with Gasteiger partial charge in [-0.25, -0.2) is 4.98 Å². The number of fused-ring (bicyclic) bond motifs is 1. The number of aromatic nitrogens is 1. The number of esters is 1. The highest BCUT2D eigenvalue weighted by Gasteiger charge is 2.10. The molecule has 0 fully saturated rings. The number of hydrogen-bond acceptors (Lipinski definition) is 6. The number of oxazole rings is 1. The second-order valence-electron chi connectivity index (χ2n) is 3.85. The Morgan fingerprint density at radius 2 is 2.44 bits per heavy atom. The minimum atomic E-state index is -0.789. The molecule has 0 bridgehead atoms. The van der Waals surface area contributed by atoms with Gasteiger partial charge in [-0.3, -0.25) is 4.79 Å². The molecule has 1 aromatic carbocycles. The minimum absolute atomic E-state index is 0.0337. The Kier molecular flexibility index (Phi) is 3.78. The zero-order valence-electron chi connectivity index (χ0n) is 9.92. The lowest BCUT2D eigenvalue weighted by atomic mass is 10.2. The highest BCUT2D eigenvalue weighted by Crippen LogP contribution is 2.17. The number of rotatable bonds is 5. The van der Waals surface area contributed by atoms with E-state index < -0.39 is 12.1 Å². The van der Waals surface area contributed by atoms with Crippen LogP contribution in [-0.4, -0.2) is 35.8 Å². The molecule has 0 saturated carbocycles. The Labute approximate surface area is 104 Å². The molecule has 0 saturated heterocycles. The predicted octanol–water partition coefficient (Wildman–Crippen LogP) is 1.16. The van der Waals surface area contributed by atoms with Crippen molar-refractivity contribution in [1.29, 1.82) is 0 Å². The summed E-state index contributed by atoms with van der Waals surface area (Å²) in [6.07, 6.45) is 0.553. The molecule has 6 nitrogen and oxygen atoms in total. The van der Waals surface area contributed by atoms with Crippen molar-refractivity contribution in [1.82, 2.24) is 4.98 Å². The number of methoxy groups -OCH3 is 1. The molecular weight excluding hydrogens is 236 g/mol. The predicted molar refractivity (Wildman–Crippen MR) is 65.1 cm³/mol. The lowest BCUT2D eigenvalue weighted by Crippen LogP contribution is -2.23. The van der Waals surface area contributed by atoms with E-state index in [1.54, 1.807) is 6.07 Å². The summed E-state index contributed by atoms with van der Waals surface area (Å²) in [4.78, 5) is 14.9. The van der Waals surface area contributed by atoms with Crippen LogP contribution in [-0.2, 0) is 9.53 Å². The molecule has 1 atom stereocenters. The third-order valence-corrected chi connectivity index (χ3v) is 2.50. The normalized spacial score (nSPS) is 12.3. The Hall–Kier alpha value is -2.08. The van der Waals surface area contributed by atoms with E-state index in [9.17, 15) is 9.90 Å². The monoisotopic (exact) mass is 250 g/mol. The summed E-state index contributed by atoms with van der Waals surface area (Å²) in [6, 6.07) is 5.43. The van der Waals surface area contributed by atoms with E-state index in [0.29, 0.717) is 5.58 Å². The van der Waals surface area contributed by atoms with Gasteiger partial charge in [0.1, 0.15) is 5.52 Å². The molecule has 6 heteroatoms. The fraction of sp³-hybridized carbons (Fsp3) is 0.333. The first-order valence-corrected chi connectivity index (χ1v) is 5.51. The molecule has 2 N–H and O–H groups in total. The lowest BCUT2D eigenvalue weighted by molar-refractivity contribution is -0.142. The number of aliphatic hydroxyl groups is 1. The first-order chi connectivity index (χ1) is 8.69. The van der Waals surface area contributed by atoms with Crippen LogP contribution >= 0.6 is 0 Å². The van der Waals surface area contributed by atoms with Crippen molar-refractivity contribution >= 4 is 22.8 Å². The number of anilines is 1. The van der Waals surface area contributed by atoms with E-state index in [-0.39, 0.29) is 13.0 Å². The number of carbonyl (C=O) groups excluding carboxylic acids is 1. The summed E-state index contributed by atoms with van der Waals surface area (Å²) >= 11 is 0. The molecular formula is C12H14N2O4. The van der Waals surface area contributed by atoms with Crippen molar-refractivity contribution in [3.05, 3.63) is 24.6 Å². The van der Waals surface area contributed by atoms with Gasteiger partial charge < -0.3 is 19.6 Å². The van der Waals surface area contributed by atoms with Crippen LogP contribution in [0.4, 0.5) is 5.69 Å². The summed E-state index contributed by atoms with van der Waals surface area (Å²) < 4.78 is 9.63. The number of aliphatic hydroxyl groups excluding tert-OH is 1. The zero-order chi connectivity index (χ0) is 13.0. The van der Waals surface area contributed by atoms with Crippen molar-refractivity contribution in [3.63, 3.8) is 0 Å². The van der Waals surface area contributed by atoms with E-state index in [4.69, 9.17) is 4.42 Å². The van der Waals surface area contributed by atoms with Gasteiger partial charge in [0.2, 0.25) is 0 Å². The van der Waals surface area contributed by atoms with Crippen molar-refractivity contribution in [3.8, 4) is 0 Å². The first-order valence-electron chi connectivity index (χ1n) is 5.51. The van der Waals surface area contributed by atoms with Gasteiger partial charge in [-0.05, 0) is 12.1 Å². The number of benzene rings is 1. The highest BCUT2D eigenvalue weighted by molar-refractivity contribution is 5.76. The average Bonchev–Trinajstić information content (AvgIpc) is 2.83. The van der Waals surface area contributed by atoms with Crippen molar-refractivity contribution < 1.29 is 19.1 Å². The quantitative estimate of drug-likeness (QED) is 0.775. The molecule has 0 aliphatic rings. The van der Waals surface area contributed by atoms with Gasteiger partial charge in [0.05, 0.1) is 19.6 Å². The second-order valence-corrected chi connectivity index (χ2v) is 3.85. The van der Waals surface area contributed by atoms with Crippen molar-refractivity contribution in [2.75, 3.05) is 19.0 Å². The van der Waals surface area contributed by atoms with Crippen molar-refractivity contribution in [2.24, 2.45) is 0 Å². The summed E-state index contributed by atoms with van der Waals surface area (Å²) in [6.45, 7) is 0.259. The molecule has 0 spiro atoms. The van der Waals surface area contributed by atoms with Gasteiger partial charge in [-0.1, -0.05) is 0 Å². The summed E-state index contributed by atoms with van der Waals surface area (Å²) in [5.74, 6) is -0.435. The summed E-state index contributed by atoms with van der Waals surface area (Å²) in [7, 11) is 1.29. The van der Waals surface area contributed by atoms with E-state index in [1.165, 1.54) is 13.5 Å². The number of ether oxygens (including phenoxy) is 1. The summed E-state index contributed by atoms with van der Waals surface area (Å²) in [5, 5.41) is 12.6. The van der Waals surface area contributed by atoms with E-state index in [1.807, 2.05) is 12.1 Å². The molecule has 0 aliphatic carbocycles. The maximum absolute atomic E-state index is 10.9. The molecule has 1 heterocycles. The van der Waals surface area contributed by atoms with Gasteiger partial charge in [0.25, 0.3) is 0 Å². The maximum atomic E-state index is 10.9. The molecule has 2 aromatic rings. The number of nitrogens with one attached hydrogen (secondary N) is 1. The Bertz CT molecular complexity index is 538. The smallest absolute Gasteiger partial charge is 0.308 e. The first kappa shape index (κ1) is 12.4.